The van der Waals surface area contributed by atoms with E-state index in [2.05, 4.69) is 5.43 Å². The number of carbonyl (C=O) groups is 2. The highest BCUT2D eigenvalue weighted by molar-refractivity contribution is 5.73. The van der Waals surface area contributed by atoms with Gasteiger partial charge in [0.25, 0.3) is 0 Å². The molecule has 2 aliphatic rings. The Labute approximate surface area is 126 Å². The summed E-state index contributed by atoms with van der Waals surface area (Å²) in [6, 6.07) is -0.0240. The van der Waals surface area contributed by atoms with E-state index in [4.69, 9.17) is 5.11 Å². The van der Waals surface area contributed by atoms with Gasteiger partial charge in [-0.3, -0.25) is 10.2 Å². The summed E-state index contributed by atoms with van der Waals surface area (Å²) < 4.78 is 0. The first kappa shape index (κ1) is 16.1. The predicted octanol–water partition coefficient (Wildman–Crippen LogP) is 1.92. The molecule has 0 aromatic rings. The minimum absolute atomic E-state index is 0.0240. The summed E-state index contributed by atoms with van der Waals surface area (Å²) in [6.45, 7) is 5.28. The third-order valence-electron chi connectivity index (χ3n) is 4.66. The first-order valence-electron chi connectivity index (χ1n) is 8.08. The molecule has 0 aliphatic carbocycles. The van der Waals surface area contributed by atoms with Crippen LogP contribution in [0.4, 0.5) is 4.79 Å². The zero-order chi connectivity index (χ0) is 15.2. The minimum Gasteiger partial charge on any atom is -0.481 e. The number of carbonyl (C=O) groups excluding carboxylic acids is 1. The molecular weight excluding hydrogens is 270 g/mol. The molecular formula is C15H27N3O3. The van der Waals surface area contributed by atoms with Crippen LogP contribution in [0.3, 0.4) is 0 Å². The van der Waals surface area contributed by atoms with Crippen LogP contribution in [0, 0.1) is 11.8 Å². The highest BCUT2D eigenvalue weighted by atomic mass is 16.4. The number of hydrogen-bond acceptors (Lipinski definition) is 3. The smallest absolute Gasteiger partial charge is 0.331 e. The number of rotatable bonds is 4. The molecule has 2 fully saturated rings. The van der Waals surface area contributed by atoms with E-state index < -0.39 is 5.97 Å². The van der Waals surface area contributed by atoms with Gasteiger partial charge in [-0.2, -0.15) is 0 Å². The lowest BCUT2D eigenvalue weighted by Gasteiger charge is -2.37. The van der Waals surface area contributed by atoms with E-state index in [1.54, 1.807) is 0 Å². The van der Waals surface area contributed by atoms with Gasteiger partial charge in [-0.05, 0) is 37.5 Å². The zero-order valence-corrected chi connectivity index (χ0v) is 12.9. The third kappa shape index (κ3) is 4.88. The molecule has 0 saturated carbocycles. The Bertz CT molecular complexity index is 369. The summed E-state index contributed by atoms with van der Waals surface area (Å²) in [5.41, 5.74) is 2.99. The second kappa shape index (κ2) is 7.64. The van der Waals surface area contributed by atoms with Crippen LogP contribution >= 0.6 is 0 Å². The number of hydrazine groups is 1. The minimum atomic E-state index is -0.752. The van der Waals surface area contributed by atoms with Gasteiger partial charge in [0.1, 0.15) is 0 Å². The molecule has 6 nitrogen and oxygen atoms in total. The van der Waals surface area contributed by atoms with Gasteiger partial charge >= 0.3 is 12.0 Å². The molecule has 2 aliphatic heterocycles. The van der Waals surface area contributed by atoms with Crippen molar-refractivity contribution in [2.45, 2.75) is 45.4 Å². The lowest BCUT2D eigenvalue weighted by atomic mass is 9.85. The van der Waals surface area contributed by atoms with E-state index in [0.717, 1.165) is 45.3 Å². The number of aliphatic carboxylic acids is 1. The van der Waals surface area contributed by atoms with Crippen molar-refractivity contribution in [2.75, 3.05) is 26.2 Å². The molecule has 21 heavy (non-hydrogen) atoms. The topological polar surface area (TPSA) is 72.9 Å². The molecule has 2 amide bonds. The number of carboxylic acid groups (broad SMARTS) is 1. The Kier molecular flexibility index (Phi) is 5.85. The zero-order valence-electron chi connectivity index (χ0n) is 12.9. The Balaban J connectivity index is 1.81. The maximum absolute atomic E-state index is 12.3. The molecule has 0 aromatic heterocycles. The molecule has 2 heterocycles. The van der Waals surface area contributed by atoms with Gasteiger partial charge in [0.05, 0.1) is 0 Å². The molecule has 0 spiro atoms. The first-order chi connectivity index (χ1) is 10.1. The number of amides is 2. The maximum Gasteiger partial charge on any atom is 0.331 e. The monoisotopic (exact) mass is 297 g/mol. The molecule has 2 N–H and O–H groups in total. The third-order valence-corrected chi connectivity index (χ3v) is 4.66. The quantitative estimate of drug-likeness (QED) is 0.831. The Morgan fingerprint density at radius 3 is 2.57 bits per heavy atom. The maximum atomic E-state index is 12.3. The molecule has 120 valence electrons. The Hall–Kier alpha value is -1.30. The Morgan fingerprint density at radius 1 is 1.19 bits per heavy atom. The van der Waals surface area contributed by atoms with E-state index in [1.807, 2.05) is 16.8 Å². The number of piperidine rings is 2. The summed E-state index contributed by atoms with van der Waals surface area (Å²) in [7, 11) is 0. The van der Waals surface area contributed by atoms with Crippen molar-refractivity contribution in [1.82, 2.24) is 15.3 Å². The van der Waals surface area contributed by atoms with Crippen molar-refractivity contribution in [3.8, 4) is 0 Å². The molecule has 6 heteroatoms. The van der Waals surface area contributed by atoms with Crippen LogP contribution in [-0.2, 0) is 4.79 Å². The lowest BCUT2D eigenvalue weighted by molar-refractivity contribution is -0.138. The summed E-state index contributed by atoms with van der Waals surface area (Å²) >= 11 is 0. The molecule has 2 atom stereocenters. The summed E-state index contributed by atoms with van der Waals surface area (Å²) in [6.07, 6.45) is 5.68. The van der Waals surface area contributed by atoms with Crippen molar-refractivity contribution >= 4 is 12.0 Å². The van der Waals surface area contributed by atoms with Crippen LogP contribution < -0.4 is 5.43 Å². The van der Waals surface area contributed by atoms with Crippen LogP contribution in [-0.4, -0.2) is 53.2 Å². The average Bonchev–Trinajstić information content (AvgIpc) is 2.47. The van der Waals surface area contributed by atoms with Crippen LogP contribution in [0.1, 0.15) is 45.4 Å². The number of likely N-dealkylation sites (tertiary alicyclic amines) is 1. The fraction of sp³-hybridized carbons (Fsp3) is 0.867. The van der Waals surface area contributed by atoms with E-state index in [1.165, 1.54) is 6.42 Å². The van der Waals surface area contributed by atoms with Crippen molar-refractivity contribution in [3.63, 3.8) is 0 Å². The fourth-order valence-corrected chi connectivity index (χ4v) is 3.31. The van der Waals surface area contributed by atoms with Crippen LogP contribution in [0.5, 0.6) is 0 Å². The van der Waals surface area contributed by atoms with Crippen LogP contribution in [0.2, 0.25) is 0 Å². The number of carboxylic acids is 1. The molecule has 2 saturated heterocycles. The van der Waals surface area contributed by atoms with Gasteiger partial charge in [0.15, 0.2) is 0 Å². The number of urea groups is 1. The normalized spacial score (nSPS) is 25.4. The van der Waals surface area contributed by atoms with E-state index >= 15 is 0 Å². The van der Waals surface area contributed by atoms with Crippen LogP contribution in [0.25, 0.3) is 0 Å². The SMILES string of the molecule is CC(CC(=O)O)C1CCCN(C(=O)NN2CCCCC2)C1. The van der Waals surface area contributed by atoms with Gasteiger partial charge < -0.3 is 10.0 Å². The molecule has 0 bridgehead atoms. The second-order valence-corrected chi connectivity index (χ2v) is 6.39. The highest BCUT2D eigenvalue weighted by Gasteiger charge is 2.29. The van der Waals surface area contributed by atoms with Crippen LogP contribution in [0.15, 0.2) is 0 Å². The second-order valence-electron chi connectivity index (χ2n) is 6.39. The molecule has 2 unspecified atom stereocenters. The standard InChI is InChI=1S/C15H27N3O3/c1-12(10-14(19)20)13-6-5-7-17(11-13)15(21)16-18-8-3-2-4-9-18/h12-13H,2-11H2,1H3,(H,16,21)(H,19,20). The summed E-state index contributed by atoms with van der Waals surface area (Å²) in [5.74, 6) is -0.340. The van der Waals surface area contributed by atoms with E-state index in [9.17, 15) is 9.59 Å². The van der Waals surface area contributed by atoms with Crippen molar-refractivity contribution in [2.24, 2.45) is 11.8 Å². The van der Waals surface area contributed by atoms with E-state index in [0.29, 0.717) is 12.5 Å². The highest BCUT2D eigenvalue weighted by Crippen LogP contribution is 2.26. The van der Waals surface area contributed by atoms with Crippen molar-refractivity contribution < 1.29 is 14.7 Å². The van der Waals surface area contributed by atoms with Gasteiger partial charge in [0, 0.05) is 32.6 Å². The average molecular weight is 297 g/mol. The summed E-state index contributed by atoms with van der Waals surface area (Å²) in [5, 5.41) is 10.9. The predicted molar refractivity (Wildman–Crippen MR) is 79.7 cm³/mol. The molecule has 2 rings (SSSR count). The lowest BCUT2D eigenvalue weighted by Crippen LogP contribution is -2.53. The Morgan fingerprint density at radius 2 is 1.90 bits per heavy atom. The van der Waals surface area contributed by atoms with Crippen molar-refractivity contribution in [1.29, 1.82) is 0 Å². The first-order valence-corrected chi connectivity index (χ1v) is 8.08. The van der Waals surface area contributed by atoms with Crippen molar-refractivity contribution in [3.05, 3.63) is 0 Å². The molecule has 0 radical (unpaired) electrons. The largest absolute Gasteiger partial charge is 0.481 e. The van der Waals surface area contributed by atoms with Gasteiger partial charge in [-0.25, -0.2) is 9.80 Å². The number of nitrogens with one attached hydrogen (secondary N) is 1. The number of nitrogens with zero attached hydrogens (tertiary/aromatic N) is 2. The summed E-state index contributed by atoms with van der Waals surface area (Å²) in [4.78, 5) is 25.0. The van der Waals surface area contributed by atoms with Gasteiger partial charge in [0.2, 0.25) is 0 Å². The van der Waals surface area contributed by atoms with Gasteiger partial charge in [-0.1, -0.05) is 13.3 Å². The van der Waals surface area contributed by atoms with E-state index in [-0.39, 0.29) is 18.4 Å². The molecule has 0 aromatic carbocycles. The number of hydrogen-bond donors (Lipinski definition) is 2. The van der Waals surface area contributed by atoms with Gasteiger partial charge in [-0.15, -0.1) is 0 Å². The fourth-order valence-electron chi connectivity index (χ4n) is 3.31.